The summed E-state index contributed by atoms with van der Waals surface area (Å²) in [6, 6.07) is 7.20. The van der Waals surface area contributed by atoms with Crippen LogP contribution in [0.3, 0.4) is 0 Å². The van der Waals surface area contributed by atoms with E-state index in [2.05, 4.69) is 25.5 Å². The SMILES string of the molecule is Cc1cc(NC(=O)c2ccc3cc[nH]c3n2)n[nH]1. The van der Waals surface area contributed by atoms with Crippen molar-refractivity contribution in [2.75, 3.05) is 5.32 Å². The average molecular weight is 241 g/mol. The zero-order chi connectivity index (χ0) is 12.5. The molecule has 18 heavy (non-hydrogen) atoms. The van der Waals surface area contributed by atoms with E-state index in [1.54, 1.807) is 18.3 Å². The molecule has 3 heterocycles. The highest BCUT2D eigenvalue weighted by molar-refractivity contribution is 6.03. The molecule has 0 spiro atoms. The summed E-state index contributed by atoms with van der Waals surface area (Å²) in [6.45, 7) is 1.87. The number of H-pyrrole nitrogens is 2. The fraction of sp³-hybridized carbons (Fsp3) is 0.0833. The van der Waals surface area contributed by atoms with Crippen LogP contribution in [-0.2, 0) is 0 Å². The summed E-state index contributed by atoms with van der Waals surface area (Å²) < 4.78 is 0. The molecule has 6 nitrogen and oxygen atoms in total. The van der Waals surface area contributed by atoms with Gasteiger partial charge < -0.3 is 10.3 Å². The number of pyridine rings is 1. The van der Waals surface area contributed by atoms with E-state index in [4.69, 9.17) is 0 Å². The number of hydrogen-bond acceptors (Lipinski definition) is 3. The third kappa shape index (κ3) is 1.84. The summed E-state index contributed by atoms with van der Waals surface area (Å²) in [7, 11) is 0. The highest BCUT2D eigenvalue weighted by Gasteiger charge is 2.10. The Morgan fingerprint density at radius 1 is 1.33 bits per heavy atom. The number of hydrogen-bond donors (Lipinski definition) is 3. The first-order valence-electron chi connectivity index (χ1n) is 5.50. The topological polar surface area (TPSA) is 86.5 Å². The third-order valence-corrected chi connectivity index (χ3v) is 2.59. The van der Waals surface area contributed by atoms with Crippen LogP contribution in [0.1, 0.15) is 16.2 Å². The van der Waals surface area contributed by atoms with Gasteiger partial charge in [0.05, 0.1) is 0 Å². The Bertz CT molecular complexity index is 712. The molecule has 0 fully saturated rings. The van der Waals surface area contributed by atoms with Crippen LogP contribution in [0.4, 0.5) is 5.82 Å². The number of rotatable bonds is 2. The number of amides is 1. The van der Waals surface area contributed by atoms with Crippen molar-refractivity contribution >= 4 is 22.8 Å². The molecule has 6 heteroatoms. The number of fused-ring (bicyclic) bond motifs is 1. The maximum absolute atomic E-state index is 11.9. The Balaban J connectivity index is 1.87. The Labute approximate surface area is 102 Å². The van der Waals surface area contributed by atoms with E-state index in [0.29, 0.717) is 17.2 Å². The van der Waals surface area contributed by atoms with Gasteiger partial charge in [0.2, 0.25) is 0 Å². The van der Waals surface area contributed by atoms with Crippen molar-refractivity contribution < 1.29 is 4.79 Å². The second-order valence-corrected chi connectivity index (χ2v) is 4.00. The number of nitrogens with one attached hydrogen (secondary N) is 3. The van der Waals surface area contributed by atoms with Crippen LogP contribution in [0.15, 0.2) is 30.5 Å². The minimum Gasteiger partial charge on any atom is -0.346 e. The Morgan fingerprint density at radius 2 is 2.22 bits per heavy atom. The fourth-order valence-corrected chi connectivity index (χ4v) is 1.72. The maximum Gasteiger partial charge on any atom is 0.275 e. The second kappa shape index (κ2) is 3.99. The van der Waals surface area contributed by atoms with Gasteiger partial charge in [0, 0.05) is 23.3 Å². The largest absolute Gasteiger partial charge is 0.346 e. The monoisotopic (exact) mass is 241 g/mol. The van der Waals surface area contributed by atoms with Crippen molar-refractivity contribution in [3.63, 3.8) is 0 Å². The van der Waals surface area contributed by atoms with Gasteiger partial charge in [0.15, 0.2) is 5.82 Å². The van der Waals surface area contributed by atoms with E-state index in [0.717, 1.165) is 11.1 Å². The van der Waals surface area contributed by atoms with Crippen molar-refractivity contribution in [2.24, 2.45) is 0 Å². The van der Waals surface area contributed by atoms with Gasteiger partial charge in [-0.2, -0.15) is 5.10 Å². The first-order valence-corrected chi connectivity index (χ1v) is 5.50. The first-order chi connectivity index (χ1) is 8.72. The van der Waals surface area contributed by atoms with Gasteiger partial charge in [0.1, 0.15) is 11.3 Å². The predicted octanol–water partition coefficient (Wildman–Crippen LogP) is 1.85. The molecular formula is C12H11N5O. The number of aromatic nitrogens is 4. The molecule has 0 atom stereocenters. The van der Waals surface area contributed by atoms with Gasteiger partial charge in [-0.1, -0.05) is 0 Å². The lowest BCUT2D eigenvalue weighted by atomic mass is 10.3. The van der Waals surface area contributed by atoms with Crippen LogP contribution < -0.4 is 5.32 Å². The summed E-state index contributed by atoms with van der Waals surface area (Å²) in [5.41, 5.74) is 1.93. The van der Waals surface area contributed by atoms with Crippen LogP contribution >= 0.6 is 0 Å². The molecule has 0 aliphatic heterocycles. The molecule has 0 aromatic carbocycles. The average Bonchev–Trinajstić information content (AvgIpc) is 2.96. The Kier molecular flexibility index (Phi) is 2.33. The molecule has 0 saturated carbocycles. The molecular weight excluding hydrogens is 230 g/mol. The smallest absolute Gasteiger partial charge is 0.275 e. The molecule has 3 aromatic rings. The van der Waals surface area contributed by atoms with E-state index >= 15 is 0 Å². The lowest BCUT2D eigenvalue weighted by Gasteiger charge is -2.00. The lowest BCUT2D eigenvalue weighted by molar-refractivity contribution is 0.102. The Morgan fingerprint density at radius 3 is 3.00 bits per heavy atom. The molecule has 0 saturated heterocycles. The summed E-state index contributed by atoms with van der Waals surface area (Å²) in [5.74, 6) is 0.212. The van der Waals surface area contributed by atoms with Crippen molar-refractivity contribution in [1.29, 1.82) is 0 Å². The number of carbonyl (C=O) groups is 1. The van der Waals surface area contributed by atoms with Crippen LogP contribution in [0.5, 0.6) is 0 Å². The maximum atomic E-state index is 11.9. The zero-order valence-electron chi connectivity index (χ0n) is 9.69. The number of anilines is 1. The summed E-state index contributed by atoms with van der Waals surface area (Å²) in [4.78, 5) is 19.1. The molecule has 3 rings (SSSR count). The molecule has 90 valence electrons. The molecule has 0 unspecified atom stereocenters. The third-order valence-electron chi connectivity index (χ3n) is 2.59. The molecule has 3 N–H and O–H groups in total. The van der Waals surface area contributed by atoms with Crippen LogP contribution in [0, 0.1) is 6.92 Å². The van der Waals surface area contributed by atoms with Crippen LogP contribution in [0.25, 0.3) is 11.0 Å². The van der Waals surface area contributed by atoms with Crippen molar-refractivity contribution in [3.8, 4) is 0 Å². The quantitative estimate of drug-likeness (QED) is 0.639. The zero-order valence-corrected chi connectivity index (χ0v) is 9.69. The van der Waals surface area contributed by atoms with Crippen molar-refractivity contribution in [3.05, 3.63) is 41.9 Å². The normalized spacial score (nSPS) is 10.7. The second-order valence-electron chi connectivity index (χ2n) is 4.00. The van der Waals surface area contributed by atoms with Crippen molar-refractivity contribution in [1.82, 2.24) is 20.2 Å². The lowest BCUT2D eigenvalue weighted by Crippen LogP contribution is -2.13. The predicted molar refractivity (Wildman–Crippen MR) is 67.4 cm³/mol. The fourth-order valence-electron chi connectivity index (χ4n) is 1.72. The van der Waals surface area contributed by atoms with E-state index < -0.39 is 0 Å². The van der Waals surface area contributed by atoms with E-state index in [1.807, 2.05) is 19.1 Å². The van der Waals surface area contributed by atoms with Gasteiger partial charge in [-0.3, -0.25) is 9.89 Å². The standard InChI is InChI=1S/C12H11N5O/c1-7-6-10(17-16-7)15-12(18)9-3-2-8-4-5-13-11(8)14-9/h2-6H,1H3,(H,13,14)(H2,15,16,17,18). The minimum absolute atomic E-state index is 0.280. The van der Waals surface area contributed by atoms with Gasteiger partial charge >= 0.3 is 0 Å². The van der Waals surface area contributed by atoms with Crippen LogP contribution in [0.2, 0.25) is 0 Å². The molecule has 3 aromatic heterocycles. The molecule has 0 aliphatic rings. The highest BCUT2D eigenvalue weighted by atomic mass is 16.1. The van der Waals surface area contributed by atoms with Gasteiger partial charge in [0.25, 0.3) is 5.91 Å². The van der Waals surface area contributed by atoms with Gasteiger partial charge in [-0.25, -0.2) is 4.98 Å². The number of carbonyl (C=O) groups excluding carboxylic acids is 1. The van der Waals surface area contributed by atoms with E-state index in [1.165, 1.54) is 0 Å². The Hall–Kier alpha value is -2.63. The molecule has 0 aliphatic carbocycles. The minimum atomic E-state index is -0.280. The van der Waals surface area contributed by atoms with Gasteiger partial charge in [-0.15, -0.1) is 0 Å². The summed E-state index contributed by atoms with van der Waals surface area (Å²) >= 11 is 0. The van der Waals surface area contributed by atoms with Gasteiger partial charge in [-0.05, 0) is 25.1 Å². The van der Waals surface area contributed by atoms with Crippen molar-refractivity contribution in [2.45, 2.75) is 6.92 Å². The van der Waals surface area contributed by atoms with Crippen LogP contribution in [-0.4, -0.2) is 26.1 Å². The van der Waals surface area contributed by atoms with E-state index in [9.17, 15) is 4.79 Å². The molecule has 0 radical (unpaired) electrons. The molecule has 0 bridgehead atoms. The van der Waals surface area contributed by atoms with E-state index in [-0.39, 0.29) is 5.91 Å². The molecule has 1 amide bonds. The first kappa shape index (κ1) is 10.5. The highest BCUT2D eigenvalue weighted by Crippen LogP contribution is 2.11. The number of nitrogens with zero attached hydrogens (tertiary/aromatic N) is 2. The summed E-state index contributed by atoms with van der Waals surface area (Å²) in [6.07, 6.45) is 1.79. The number of aromatic amines is 2. The summed E-state index contributed by atoms with van der Waals surface area (Å²) in [5, 5.41) is 10.4. The number of aryl methyl sites for hydroxylation is 1.